The Bertz CT molecular complexity index is 1110. The maximum atomic E-state index is 12.9. The molecule has 29 heavy (non-hydrogen) atoms. The van der Waals surface area contributed by atoms with E-state index in [0.717, 1.165) is 5.56 Å². The first kappa shape index (κ1) is 18.8. The second-order valence-electron chi connectivity index (χ2n) is 6.46. The SMILES string of the molecule is O=C(N[C@@H](Cc1ccccc1)C(=O)NCc1nnc2ccccn12)c1cccs1. The van der Waals surface area contributed by atoms with Crippen LogP contribution in [0.4, 0.5) is 0 Å². The number of nitrogens with zero attached hydrogens (tertiary/aromatic N) is 3. The van der Waals surface area contributed by atoms with Gasteiger partial charge in [0.2, 0.25) is 5.91 Å². The molecule has 0 saturated heterocycles. The summed E-state index contributed by atoms with van der Waals surface area (Å²) in [6.45, 7) is 0.212. The van der Waals surface area contributed by atoms with Gasteiger partial charge in [-0.2, -0.15) is 0 Å². The zero-order valence-corrected chi connectivity index (χ0v) is 16.3. The molecule has 0 saturated carbocycles. The Balaban J connectivity index is 1.48. The number of fused-ring (bicyclic) bond motifs is 1. The largest absolute Gasteiger partial charge is 0.347 e. The maximum Gasteiger partial charge on any atom is 0.262 e. The predicted molar refractivity (Wildman–Crippen MR) is 111 cm³/mol. The number of aromatic nitrogens is 3. The fourth-order valence-corrected chi connectivity index (χ4v) is 3.62. The summed E-state index contributed by atoms with van der Waals surface area (Å²) >= 11 is 1.34. The number of hydrogen-bond donors (Lipinski definition) is 2. The molecule has 2 amide bonds. The summed E-state index contributed by atoms with van der Waals surface area (Å²) in [7, 11) is 0. The van der Waals surface area contributed by atoms with Crippen molar-refractivity contribution in [3.05, 3.63) is 88.5 Å². The van der Waals surface area contributed by atoms with E-state index in [1.165, 1.54) is 11.3 Å². The first-order chi connectivity index (χ1) is 14.2. The molecule has 0 aliphatic carbocycles. The highest BCUT2D eigenvalue weighted by Crippen LogP contribution is 2.10. The highest BCUT2D eigenvalue weighted by atomic mass is 32.1. The average molecular weight is 405 g/mol. The molecule has 4 rings (SSSR count). The summed E-state index contributed by atoms with van der Waals surface area (Å²) in [6, 6.07) is 18.0. The van der Waals surface area contributed by atoms with E-state index in [1.54, 1.807) is 6.07 Å². The molecule has 146 valence electrons. The molecule has 0 radical (unpaired) electrons. The lowest BCUT2D eigenvalue weighted by atomic mass is 10.1. The standard InChI is InChI=1S/C21H19N5O2S/c27-20(22-14-19-25-24-18-10-4-5-11-26(18)19)16(13-15-7-2-1-3-8-15)23-21(28)17-9-6-12-29-17/h1-12,16H,13-14H2,(H,22,27)(H,23,28)/t16-/m0/s1. The van der Waals surface area contributed by atoms with Crippen LogP contribution in [0.5, 0.6) is 0 Å². The lowest BCUT2D eigenvalue weighted by molar-refractivity contribution is -0.123. The summed E-state index contributed by atoms with van der Waals surface area (Å²) in [5, 5.41) is 15.8. The number of benzene rings is 1. The highest BCUT2D eigenvalue weighted by molar-refractivity contribution is 7.12. The van der Waals surface area contributed by atoms with Crippen molar-refractivity contribution in [2.45, 2.75) is 19.0 Å². The topological polar surface area (TPSA) is 88.4 Å². The van der Waals surface area contributed by atoms with E-state index in [2.05, 4.69) is 20.8 Å². The lowest BCUT2D eigenvalue weighted by Gasteiger charge is -2.18. The molecule has 7 nitrogen and oxygen atoms in total. The summed E-state index contributed by atoms with van der Waals surface area (Å²) in [5.74, 6) is 0.0902. The predicted octanol–water partition coefficient (Wildman–Crippen LogP) is 2.45. The van der Waals surface area contributed by atoms with E-state index >= 15 is 0 Å². The normalized spacial score (nSPS) is 11.9. The van der Waals surface area contributed by atoms with Gasteiger partial charge in [-0.25, -0.2) is 0 Å². The van der Waals surface area contributed by atoms with Gasteiger partial charge in [0.25, 0.3) is 5.91 Å². The maximum absolute atomic E-state index is 12.9. The Kier molecular flexibility index (Phi) is 5.62. The average Bonchev–Trinajstić information content (AvgIpc) is 3.42. The van der Waals surface area contributed by atoms with Crippen molar-refractivity contribution < 1.29 is 9.59 Å². The first-order valence-corrected chi connectivity index (χ1v) is 10.0. The zero-order valence-electron chi connectivity index (χ0n) is 15.5. The van der Waals surface area contributed by atoms with Gasteiger partial charge in [0, 0.05) is 12.6 Å². The van der Waals surface area contributed by atoms with Crippen LogP contribution < -0.4 is 10.6 Å². The Morgan fingerprint density at radius 3 is 2.62 bits per heavy atom. The monoisotopic (exact) mass is 405 g/mol. The molecule has 4 aromatic rings. The van der Waals surface area contributed by atoms with Crippen LogP contribution >= 0.6 is 11.3 Å². The van der Waals surface area contributed by atoms with Crippen LogP contribution in [0.1, 0.15) is 21.1 Å². The van der Waals surface area contributed by atoms with Crippen LogP contribution in [0, 0.1) is 0 Å². The number of nitrogens with one attached hydrogen (secondary N) is 2. The second-order valence-corrected chi connectivity index (χ2v) is 7.40. The quantitative estimate of drug-likeness (QED) is 0.494. The van der Waals surface area contributed by atoms with Gasteiger partial charge in [-0.3, -0.25) is 14.0 Å². The Morgan fingerprint density at radius 1 is 1.00 bits per heavy atom. The van der Waals surface area contributed by atoms with Gasteiger partial charge in [0.05, 0.1) is 11.4 Å². The Hall–Kier alpha value is -3.52. The molecule has 0 aliphatic rings. The summed E-state index contributed by atoms with van der Waals surface area (Å²) in [6.07, 6.45) is 2.24. The summed E-state index contributed by atoms with van der Waals surface area (Å²) in [4.78, 5) is 26.0. The van der Waals surface area contributed by atoms with E-state index in [4.69, 9.17) is 0 Å². The zero-order chi connectivity index (χ0) is 20.1. The van der Waals surface area contributed by atoms with Gasteiger partial charge in [-0.1, -0.05) is 42.5 Å². The van der Waals surface area contributed by atoms with Gasteiger partial charge in [-0.05, 0) is 29.1 Å². The van der Waals surface area contributed by atoms with Crippen molar-refractivity contribution in [2.75, 3.05) is 0 Å². The molecule has 3 aromatic heterocycles. The molecule has 0 spiro atoms. The molecule has 1 atom stereocenters. The molecule has 2 N–H and O–H groups in total. The smallest absolute Gasteiger partial charge is 0.262 e. The molecule has 0 fully saturated rings. The number of carbonyl (C=O) groups excluding carboxylic acids is 2. The lowest BCUT2D eigenvalue weighted by Crippen LogP contribution is -2.47. The third-order valence-corrected chi connectivity index (χ3v) is 5.32. The van der Waals surface area contributed by atoms with Crippen molar-refractivity contribution in [3.8, 4) is 0 Å². The van der Waals surface area contributed by atoms with Gasteiger partial charge in [-0.15, -0.1) is 21.5 Å². The minimum Gasteiger partial charge on any atom is -0.347 e. The number of amides is 2. The van der Waals surface area contributed by atoms with Gasteiger partial charge in [0.1, 0.15) is 6.04 Å². The number of thiophene rings is 1. The number of carbonyl (C=O) groups is 2. The van der Waals surface area contributed by atoms with Crippen LogP contribution in [0.3, 0.4) is 0 Å². The van der Waals surface area contributed by atoms with E-state index in [0.29, 0.717) is 22.8 Å². The minimum absolute atomic E-state index is 0.212. The molecule has 0 unspecified atom stereocenters. The van der Waals surface area contributed by atoms with E-state index in [1.807, 2.05) is 70.6 Å². The fraction of sp³-hybridized carbons (Fsp3) is 0.143. The third-order valence-electron chi connectivity index (χ3n) is 4.45. The van der Waals surface area contributed by atoms with Gasteiger partial charge >= 0.3 is 0 Å². The number of rotatable bonds is 7. The summed E-state index contributed by atoms with van der Waals surface area (Å²) in [5.41, 5.74) is 1.68. The first-order valence-electron chi connectivity index (χ1n) is 9.15. The van der Waals surface area contributed by atoms with Crippen molar-refractivity contribution in [1.82, 2.24) is 25.2 Å². The second kappa shape index (κ2) is 8.66. The molecular formula is C21H19N5O2S. The molecule has 1 aromatic carbocycles. The van der Waals surface area contributed by atoms with Gasteiger partial charge < -0.3 is 10.6 Å². The van der Waals surface area contributed by atoms with Crippen LogP contribution in [0.2, 0.25) is 0 Å². The Labute approximate surface area is 171 Å². The van der Waals surface area contributed by atoms with Crippen LogP contribution in [0.15, 0.2) is 72.2 Å². The fourth-order valence-electron chi connectivity index (χ4n) is 3.00. The Morgan fingerprint density at radius 2 is 1.83 bits per heavy atom. The van der Waals surface area contributed by atoms with Crippen molar-refractivity contribution >= 4 is 28.8 Å². The van der Waals surface area contributed by atoms with Crippen LogP contribution in [0.25, 0.3) is 5.65 Å². The van der Waals surface area contributed by atoms with Gasteiger partial charge in [0.15, 0.2) is 11.5 Å². The molecule has 0 bridgehead atoms. The number of hydrogen-bond acceptors (Lipinski definition) is 5. The minimum atomic E-state index is -0.703. The number of pyridine rings is 1. The van der Waals surface area contributed by atoms with E-state index in [-0.39, 0.29) is 18.4 Å². The molecule has 0 aliphatic heterocycles. The van der Waals surface area contributed by atoms with Crippen LogP contribution in [-0.4, -0.2) is 32.5 Å². The molecular weight excluding hydrogens is 386 g/mol. The highest BCUT2D eigenvalue weighted by Gasteiger charge is 2.22. The van der Waals surface area contributed by atoms with Crippen molar-refractivity contribution in [1.29, 1.82) is 0 Å². The van der Waals surface area contributed by atoms with Crippen molar-refractivity contribution in [3.63, 3.8) is 0 Å². The van der Waals surface area contributed by atoms with Crippen LogP contribution in [-0.2, 0) is 17.8 Å². The van der Waals surface area contributed by atoms with E-state index in [9.17, 15) is 9.59 Å². The molecule has 8 heteroatoms. The van der Waals surface area contributed by atoms with E-state index < -0.39 is 6.04 Å². The third kappa shape index (κ3) is 4.49. The molecule has 3 heterocycles. The summed E-state index contributed by atoms with van der Waals surface area (Å²) < 4.78 is 1.82. The van der Waals surface area contributed by atoms with Crippen molar-refractivity contribution in [2.24, 2.45) is 0 Å².